The van der Waals surface area contributed by atoms with Crippen LogP contribution in [0.15, 0.2) is 5.10 Å². The number of quaternary nitrogens is 1. The van der Waals surface area contributed by atoms with E-state index in [1.807, 2.05) is 40.1 Å². The van der Waals surface area contributed by atoms with Crippen molar-refractivity contribution in [3.8, 4) is 0 Å². The maximum absolute atomic E-state index is 4.19. The van der Waals surface area contributed by atoms with Gasteiger partial charge in [0.2, 0.25) is 0 Å². The van der Waals surface area contributed by atoms with Gasteiger partial charge in [0.15, 0.2) is 0 Å². The lowest BCUT2D eigenvalue weighted by Gasteiger charge is -2.15. The second-order valence-electron chi connectivity index (χ2n) is 3.14. The molecule has 0 rings (SSSR count). The summed E-state index contributed by atoms with van der Waals surface area (Å²) in [5.41, 5.74) is 0. The Labute approximate surface area is 57.2 Å². The molecule has 0 aliphatic heterocycles. The second-order valence-corrected chi connectivity index (χ2v) is 3.14. The maximum Gasteiger partial charge on any atom is 0.146 e. The average molecular weight is 130 g/mol. The van der Waals surface area contributed by atoms with Crippen LogP contribution < -0.4 is 0 Å². The first kappa shape index (κ1) is 8.43. The van der Waals surface area contributed by atoms with E-state index in [9.17, 15) is 0 Å². The van der Waals surface area contributed by atoms with Crippen molar-refractivity contribution in [3.63, 3.8) is 0 Å². The molecule has 0 bridgehead atoms. The quantitative estimate of drug-likeness (QED) is 0.226. The van der Waals surface area contributed by atoms with Gasteiger partial charge < -0.3 is 4.90 Å². The highest BCUT2D eigenvalue weighted by Gasteiger charge is 2.00. The molecule has 0 aliphatic carbocycles. The second kappa shape index (κ2) is 2.82. The number of nitrogens with zero attached hydrogens (tertiary/aromatic N) is 3. The normalized spacial score (nSPS) is 12.6. The van der Waals surface area contributed by atoms with Crippen molar-refractivity contribution in [1.82, 2.24) is 4.90 Å². The third-order valence-corrected chi connectivity index (χ3v) is 0.629. The zero-order valence-electron chi connectivity index (χ0n) is 6.92. The van der Waals surface area contributed by atoms with Gasteiger partial charge in [-0.15, -0.1) is 0 Å². The topological polar surface area (TPSA) is 15.6 Å². The van der Waals surface area contributed by atoms with Crippen LogP contribution in [0.3, 0.4) is 0 Å². The predicted octanol–water partition coefficient (Wildman–Crippen LogP) is 0.197. The molecule has 0 fully saturated rings. The molecule has 0 N–H and O–H groups in total. The third kappa shape index (κ3) is 7.43. The van der Waals surface area contributed by atoms with Crippen LogP contribution in [0.25, 0.3) is 0 Å². The Morgan fingerprint density at radius 3 is 1.78 bits per heavy atom. The Hall–Kier alpha value is -0.570. The van der Waals surface area contributed by atoms with E-state index in [0.717, 1.165) is 0 Å². The minimum atomic E-state index is 0.623. The van der Waals surface area contributed by atoms with Gasteiger partial charge in [-0.3, -0.25) is 0 Å². The molecule has 0 unspecified atom stereocenters. The molecule has 9 heavy (non-hydrogen) atoms. The standard InChI is InChI=1S/C6H16N3/c1-8(2)6-7-9(3,4)5/h6H,1-5H3/q+1/b7-6-. The van der Waals surface area contributed by atoms with E-state index in [1.165, 1.54) is 0 Å². The average Bonchev–Trinajstić information content (AvgIpc) is 1.59. The van der Waals surface area contributed by atoms with Crippen LogP contribution in [0.1, 0.15) is 0 Å². The molecule has 3 heteroatoms. The Balaban J connectivity index is 3.71. The molecular weight excluding hydrogens is 114 g/mol. The summed E-state index contributed by atoms with van der Waals surface area (Å²) in [6.07, 6.45) is 1.81. The summed E-state index contributed by atoms with van der Waals surface area (Å²) >= 11 is 0. The highest BCUT2D eigenvalue weighted by molar-refractivity contribution is 5.52. The van der Waals surface area contributed by atoms with Gasteiger partial charge in [0, 0.05) is 14.1 Å². The fourth-order valence-electron chi connectivity index (χ4n) is 0.258. The summed E-state index contributed by atoms with van der Waals surface area (Å²) in [5.74, 6) is 0. The lowest BCUT2D eigenvalue weighted by Crippen LogP contribution is -2.28. The molecular formula is C6H16N3+. The van der Waals surface area contributed by atoms with Gasteiger partial charge in [0.1, 0.15) is 6.34 Å². The lowest BCUT2D eigenvalue weighted by molar-refractivity contribution is -0.876. The summed E-state index contributed by atoms with van der Waals surface area (Å²) < 4.78 is 0.623. The Morgan fingerprint density at radius 2 is 1.67 bits per heavy atom. The highest BCUT2D eigenvalue weighted by atomic mass is 15.6. The summed E-state index contributed by atoms with van der Waals surface area (Å²) in [5, 5.41) is 4.19. The van der Waals surface area contributed by atoms with E-state index in [4.69, 9.17) is 0 Å². The zero-order chi connectivity index (χ0) is 7.49. The molecule has 0 aromatic rings. The smallest absolute Gasteiger partial charge is 0.146 e. The molecule has 54 valence electrons. The summed E-state index contributed by atoms with van der Waals surface area (Å²) in [6, 6.07) is 0. The molecule has 0 aliphatic rings. The molecule has 0 saturated heterocycles. The number of hydrogen-bond donors (Lipinski definition) is 0. The van der Waals surface area contributed by atoms with Crippen LogP contribution in [-0.4, -0.2) is 51.1 Å². The number of rotatable bonds is 2. The molecule has 3 nitrogen and oxygen atoms in total. The lowest BCUT2D eigenvalue weighted by atomic mass is 10.9. The van der Waals surface area contributed by atoms with Gasteiger partial charge >= 0.3 is 0 Å². The molecule has 0 heterocycles. The van der Waals surface area contributed by atoms with Gasteiger partial charge in [-0.05, 0) is 0 Å². The van der Waals surface area contributed by atoms with Crippen LogP contribution in [0.2, 0.25) is 0 Å². The van der Waals surface area contributed by atoms with Crippen LogP contribution in [0, 0.1) is 0 Å². The minimum absolute atomic E-state index is 0.623. The van der Waals surface area contributed by atoms with Crippen molar-refractivity contribution in [1.29, 1.82) is 0 Å². The van der Waals surface area contributed by atoms with Crippen molar-refractivity contribution < 1.29 is 4.59 Å². The van der Waals surface area contributed by atoms with E-state index in [-0.39, 0.29) is 0 Å². The van der Waals surface area contributed by atoms with E-state index in [0.29, 0.717) is 4.59 Å². The van der Waals surface area contributed by atoms with E-state index in [2.05, 4.69) is 5.10 Å². The Bertz CT molecular complexity index is 99.4. The summed E-state index contributed by atoms with van der Waals surface area (Å²) in [7, 11) is 9.96. The van der Waals surface area contributed by atoms with Gasteiger partial charge in [-0.1, -0.05) is 5.10 Å². The van der Waals surface area contributed by atoms with Crippen LogP contribution >= 0.6 is 0 Å². The van der Waals surface area contributed by atoms with Gasteiger partial charge in [0.05, 0.1) is 21.1 Å². The first-order valence-electron chi connectivity index (χ1n) is 2.95. The zero-order valence-corrected chi connectivity index (χ0v) is 6.92. The molecule has 0 radical (unpaired) electrons. The Morgan fingerprint density at radius 1 is 1.22 bits per heavy atom. The first-order chi connectivity index (χ1) is 3.92. The first-order valence-corrected chi connectivity index (χ1v) is 2.95. The Kier molecular flexibility index (Phi) is 2.65. The van der Waals surface area contributed by atoms with Crippen molar-refractivity contribution in [2.45, 2.75) is 0 Å². The number of hydrogen-bond acceptors (Lipinski definition) is 1. The van der Waals surface area contributed by atoms with Gasteiger partial charge in [0.25, 0.3) is 0 Å². The van der Waals surface area contributed by atoms with Crippen molar-refractivity contribution in [3.05, 3.63) is 0 Å². The molecule has 0 saturated carbocycles. The van der Waals surface area contributed by atoms with Crippen molar-refractivity contribution >= 4 is 6.34 Å². The molecule has 0 amide bonds. The molecule has 0 aromatic carbocycles. The van der Waals surface area contributed by atoms with E-state index in [1.54, 1.807) is 6.34 Å². The summed E-state index contributed by atoms with van der Waals surface area (Å²) in [4.78, 5) is 1.92. The highest BCUT2D eigenvalue weighted by Crippen LogP contribution is 1.87. The molecule has 0 atom stereocenters. The van der Waals surface area contributed by atoms with Crippen molar-refractivity contribution in [2.75, 3.05) is 35.2 Å². The van der Waals surface area contributed by atoms with Gasteiger partial charge in [-0.25, -0.2) is 4.59 Å². The van der Waals surface area contributed by atoms with E-state index >= 15 is 0 Å². The monoisotopic (exact) mass is 130 g/mol. The van der Waals surface area contributed by atoms with Crippen molar-refractivity contribution in [2.24, 2.45) is 5.10 Å². The molecule has 0 spiro atoms. The van der Waals surface area contributed by atoms with Crippen LogP contribution in [-0.2, 0) is 0 Å². The van der Waals surface area contributed by atoms with E-state index < -0.39 is 0 Å². The predicted molar refractivity (Wildman–Crippen MR) is 40.2 cm³/mol. The minimum Gasteiger partial charge on any atom is -0.364 e. The maximum atomic E-state index is 4.19. The molecule has 0 aromatic heterocycles. The third-order valence-electron chi connectivity index (χ3n) is 0.629. The largest absolute Gasteiger partial charge is 0.364 e. The fraction of sp³-hybridized carbons (Fsp3) is 0.833. The fourth-order valence-corrected chi connectivity index (χ4v) is 0.258. The summed E-state index contributed by atoms with van der Waals surface area (Å²) in [6.45, 7) is 0. The van der Waals surface area contributed by atoms with Crippen LogP contribution in [0.5, 0.6) is 0 Å². The SMILES string of the molecule is CN(C)/C=N\[N+](C)(C)C. The van der Waals surface area contributed by atoms with Gasteiger partial charge in [-0.2, -0.15) is 0 Å². The van der Waals surface area contributed by atoms with Crippen LogP contribution in [0.4, 0.5) is 0 Å².